The molecular formula is C17H21F3N4O2. The van der Waals surface area contributed by atoms with Crippen LogP contribution in [0.15, 0.2) is 30.3 Å². The Morgan fingerprint density at radius 1 is 1.35 bits per heavy atom. The van der Waals surface area contributed by atoms with E-state index in [1.54, 1.807) is 7.11 Å². The van der Waals surface area contributed by atoms with Gasteiger partial charge in [0.15, 0.2) is 5.69 Å². The molecule has 26 heavy (non-hydrogen) atoms. The molecule has 0 aliphatic heterocycles. The Labute approximate surface area is 149 Å². The molecule has 0 fully saturated rings. The number of ether oxygens (including phenoxy) is 1. The minimum absolute atomic E-state index is 0.254. The van der Waals surface area contributed by atoms with Crippen molar-refractivity contribution < 1.29 is 22.7 Å². The highest BCUT2D eigenvalue weighted by Crippen LogP contribution is 2.29. The first-order chi connectivity index (χ1) is 12.2. The van der Waals surface area contributed by atoms with Crippen LogP contribution in [0.3, 0.4) is 0 Å². The molecule has 0 spiro atoms. The van der Waals surface area contributed by atoms with E-state index in [-0.39, 0.29) is 12.2 Å². The average molecular weight is 370 g/mol. The summed E-state index contributed by atoms with van der Waals surface area (Å²) in [6, 6.07) is 8.37. The number of hydrogen-bond acceptors (Lipinski definition) is 4. The van der Waals surface area contributed by atoms with Crippen LogP contribution in [0.1, 0.15) is 21.7 Å². The molecule has 0 radical (unpaired) electrons. The van der Waals surface area contributed by atoms with Crippen LogP contribution in [0.2, 0.25) is 0 Å². The van der Waals surface area contributed by atoms with Gasteiger partial charge in [-0.1, -0.05) is 12.1 Å². The quantitative estimate of drug-likeness (QED) is 0.813. The van der Waals surface area contributed by atoms with Crippen molar-refractivity contribution in [2.75, 3.05) is 27.2 Å². The summed E-state index contributed by atoms with van der Waals surface area (Å²) in [7, 11) is 4.63. The number of carbonyl (C=O) groups is 1. The second-order valence-electron chi connectivity index (χ2n) is 5.88. The summed E-state index contributed by atoms with van der Waals surface area (Å²) in [6.45, 7) is 1.47. The van der Waals surface area contributed by atoms with Crippen LogP contribution in [0, 0.1) is 0 Å². The number of amides is 1. The third kappa shape index (κ3) is 5.22. The highest BCUT2D eigenvalue weighted by atomic mass is 19.4. The maximum absolute atomic E-state index is 12.7. The highest BCUT2D eigenvalue weighted by molar-refractivity contribution is 5.92. The van der Waals surface area contributed by atoms with Gasteiger partial charge in [0.25, 0.3) is 5.91 Å². The molecule has 9 heteroatoms. The zero-order chi connectivity index (χ0) is 19.3. The lowest BCUT2D eigenvalue weighted by atomic mass is 10.2. The molecule has 1 heterocycles. The number of nitrogens with one attached hydrogen (secondary N) is 1. The van der Waals surface area contributed by atoms with Crippen molar-refractivity contribution in [3.05, 3.63) is 47.3 Å². The van der Waals surface area contributed by atoms with Crippen LogP contribution in [-0.4, -0.2) is 47.8 Å². The Morgan fingerprint density at radius 3 is 2.69 bits per heavy atom. The number of alkyl halides is 3. The van der Waals surface area contributed by atoms with E-state index in [4.69, 9.17) is 4.74 Å². The van der Waals surface area contributed by atoms with Crippen molar-refractivity contribution in [1.82, 2.24) is 20.0 Å². The zero-order valence-corrected chi connectivity index (χ0v) is 14.8. The topological polar surface area (TPSA) is 59.4 Å². The molecule has 2 aromatic rings. The van der Waals surface area contributed by atoms with Gasteiger partial charge < -0.3 is 15.0 Å². The second-order valence-corrected chi connectivity index (χ2v) is 5.88. The van der Waals surface area contributed by atoms with Crippen molar-refractivity contribution in [1.29, 1.82) is 0 Å². The summed E-state index contributed by atoms with van der Waals surface area (Å²) in [5.41, 5.74) is -0.161. The van der Waals surface area contributed by atoms with Crippen molar-refractivity contribution in [2.45, 2.75) is 12.7 Å². The van der Waals surface area contributed by atoms with E-state index in [1.165, 1.54) is 0 Å². The molecule has 0 unspecified atom stereocenters. The van der Waals surface area contributed by atoms with Crippen LogP contribution in [0.25, 0.3) is 0 Å². The van der Waals surface area contributed by atoms with Gasteiger partial charge in [0.1, 0.15) is 11.4 Å². The molecule has 142 valence electrons. The summed E-state index contributed by atoms with van der Waals surface area (Å²) < 4.78 is 44.0. The Kier molecular flexibility index (Phi) is 6.25. The van der Waals surface area contributed by atoms with E-state index < -0.39 is 17.8 Å². The van der Waals surface area contributed by atoms with Crippen molar-refractivity contribution in [2.24, 2.45) is 7.05 Å². The lowest BCUT2D eigenvalue weighted by Crippen LogP contribution is -2.33. The SMILES string of the molecule is COc1cccc(CN(C)CCNC(=O)c2cc(C(F)(F)F)n(C)n2)c1. The molecule has 0 saturated carbocycles. The lowest BCUT2D eigenvalue weighted by Gasteiger charge is -2.17. The fourth-order valence-electron chi connectivity index (χ4n) is 2.46. The number of nitrogens with zero attached hydrogens (tertiary/aromatic N) is 3. The molecule has 0 aliphatic rings. The lowest BCUT2D eigenvalue weighted by molar-refractivity contribution is -0.143. The fourth-order valence-corrected chi connectivity index (χ4v) is 2.46. The Morgan fingerprint density at radius 2 is 2.08 bits per heavy atom. The van der Waals surface area contributed by atoms with Gasteiger partial charge in [-0.15, -0.1) is 0 Å². The zero-order valence-electron chi connectivity index (χ0n) is 14.8. The van der Waals surface area contributed by atoms with Gasteiger partial charge in [-0.25, -0.2) is 0 Å². The van der Waals surface area contributed by atoms with Crippen LogP contribution in [0.4, 0.5) is 13.2 Å². The van der Waals surface area contributed by atoms with E-state index in [1.807, 2.05) is 36.2 Å². The molecule has 1 aromatic heterocycles. The van der Waals surface area contributed by atoms with Crippen molar-refractivity contribution in [3.8, 4) is 5.75 Å². The number of aromatic nitrogens is 2. The van der Waals surface area contributed by atoms with Gasteiger partial charge in [0.05, 0.1) is 7.11 Å². The number of methoxy groups -OCH3 is 1. The van der Waals surface area contributed by atoms with Crippen LogP contribution in [-0.2, 0) is 19.8 Å². The Bertz CT molecular complexity index is 759. The molecule has 6 nitrogen and oxygen atoms in total. The first kappa shape index (κ1) is 19.8. The number of benzene rings is 1. The number of halogens is 3. The van der Waals surface area contributed by atoms with Crippen LogP contribution >= 0.6 is 0 Å². The molecule has 0 bridgehead atoms. The normalized spacial score (nSPS) is 11.7. The van der Waals surface area contributed by atoms with E-state index >= 15 is 0 Å². The molecular weight excluding hydrogens is 349 g/mol. The van der Waals surface area contributed by atoms with Crippen LogP contribution < -0.4 is 10.1 Å². The summed E-state index contributed by atoms with van der Waals surface area (Å²) in [6.07, 6.45) is -4.54. The van der Waals surface area contributed by atoms with Gasteiger partial charge >= 0.3 is 6.18 Å². The molecule has 0 saturated heterocycles. The van der Waals surface area contributed by atoms with Gasteiger partial charge in [0, 0.05) is 32.7 Å². The van der Waals surface area contributed by atoms with E-state index in [0.717, 1.165) is 24.4 Å². The minimum Gasteiger partial charge on any atom is -0.497 e. The summed E-state index contributed by atoms with van der Waals surface area (Å²) in [4.78, 5) is 14.0. The number of aryl methyl sites for hydroxylation is 1. The average Bonchev–Trinajstić information content (AvgIpc) is 2.97. The summed E-state index contributed by atoms with van der Waals surface area (Å²) in [5, 5.41) is 6.20. The predicted octanol–water partition coefficient (Wildman–Crippen LogP) is 2.31. The Hall–Kier alpha value is -2.55. The number of carbonyl (C=O) groups excluding carboxylic acids is 1. The Balaban J connectivity index is 1.84. The third-order valence-corrected chi connectivity index (χ3v) is 3.77. The van der Waals surface area contributed by atoms with Gasteiger partial charge in [-0.2, -0.15) is 18.3 Å². The van der Waals surface area contributed by atoms with E-state index in [0.29, 0.717) is 17.8 Å². The number of likely N-dealkylation sites (N-methyl/N-ethyl adjacent to an activating group) is 1. The standard InChI is InChI=1S/C17H21F3N4O2/c1-23(11-12-5-4-6-13(9-12)26-3)8-7-21-16(25)14-10-15(17(18,19)20)24(2)22-14/h4-6,9-10H,7-8,11H2,1-3H3,(H,21,25). The van der Waals surface area contributed by atoms with Crippen LogP contribution in [0.5, 0.6) is 5.75 Å². The first-order valence-electron chi connectivity index (χ1n) is 7.91. The molecule has 1 aromatic carbocycles. The molecule has 2 rings (SSSR count). The molecule has 0 atom stereocenters. The van der Waals surface area contributed by atoms with Gasteiger partial charge in [-0.05, 0) is 24.7 Å². The molecule has 1 amide bonds. The summed E-state index contributed by atoms with van der Waals surface area (Å²) >= 11 is 0. The monoisotopic (exact) mass is 370 g/mol. The maximum atomic E-state index is 12.7. The van der Waals surface area contributed by atoms with Gasteiger partial charge in [-0.3, -0.25) is 9.48 Å². The minimum atomic E-state index is -4.54. The highest BCUT2D eigenvalue weighted by Gasteiger charge is 2.35. The van der Waals surface area contributed by atoms with E-state index in [9.17, 15) is 18.0 Å². The van der Waals surface area contributed by atoms with Crippen molar-refractivity contribution in [3.63, 3.8) is 0 Å². The largest absolute Gasteiger partial charge is 0.497 e. The first-order valence-corrected chi connectivity index (χ1v) is 7.91. The maximum Gasteiger partial charge on any atom is 0.433 e. The third-order valence-electron chi connectivity index (χ3n) is 3.77. The smallest absolute Gasteiger partial charge is 0.433 e. The van der Waals surface area contributed by atoms with E-state index in [2.05, 4.69) is 10.4 Å². The number of hydrogen-bond donors (Lipinski definition) is 1. The van der Waals surface area contributed by atoms with Gasteiger partial charge in [0.2, 0.25) is 0 Å². The molecule has 1 N–H and O–H groups in total. The number of rotatable bonds is 7. The fraction of sp³-hybridized carbons (Fsp3) is 0.412. The predicted molar refractivity (Wildman–Crippen MR) is 89.9 cm³/mol. The van der Waals surface area contributed by atoms with Crippen molar-refractivity contribution >= 4 is 5.91 Å². The molecule has 0 aliphatic carbocycles. The second kappa shape index (κ2) is 8.22. The summed E-state index contributed by atoms with van der Waals surface area (Å²) in [5.74, 6) is 0.130.